The van der Waals surface area contributed by atoms with Crippen molar-refractivity contribution in [2.24, 2.45) is 5.41 Å². The van der Waals surface area contributed by atoms with E-state index in [1.54, 1.807) is 0 Å². The molecule has 0 aromatic heterocycles. The lowest BCUT2D eigenvalue weighted by Gasteiger charge is -2.25. The smallest absolute Gasteiger partial charge is 0.0701 e. The first kappa shape index (κ1) is 19.6. The molecule has 0 bridgehead atoms. The van der Waals surface area contributed by atoms with Crippen LogP contribution in [0.15, 0.2) is 12.7 Å². The van der Waals surface area contributed by atoms with Crippen molar-refractivity contribution in [1.82, 2.24) is 5.32 Å². The molecule has 1 atom stereocenters. The van der Waals surface area contributed by atoms with Gasteiger partial charge in [-0.15, -0.1) is 6.58 Å². The van der Waals surface area contributed by atoms with Crippen LogP contribution in [-0.4, -0.2) is 53.2 Å². The van der Waals surface area contributed by atoms with Gasteiger partial charge in [0.2, 0.25) is 0 Å². The van der Waals surface area contributed by atoms with Gasteiger partial charge in [-0.05, 0) is 25.3 Å². The number of rotatable bonds is 15. The molecule has 1 unspecified atom stereocenters. The van der Waals surface area contributed by atoms with Crippen molar-refractivity contribution in [3.05, 3.63) is 12.7 Å². The Labute approximate surface area is 124 Å². The Morgan fingerprint density at radius 2 is 1.55 bits per heavy atom. The van der Waals surface area contributed by atoms with Crippen molar-refractivity contribution in [2.45, 2.75) is 33.1 Å². The van der Waals surface area contributed by atoms with Crippen LogP contribution in [0.3, 0.4) is 0 Å². The molecule has 0 rings (SSSR count). The molecular formula is C16H33NO3. The summed E-state index contributed by atoms with van der Waals surface area (Å²) in [6, 6.07) is 0. The molecule has 120 valence electrons. The van der Waals surface area contributed by atoms with E-state index in [9.17, 15) is 0 Å². The monoisotopic (exact) mass is 287 g/mol. The van der Waals surface area contributed by atoms with Gasteiger partial charge in [0.05, 0.1) is 26.4 Å². The van der Waals surface area contributed by atoms with Gasteiger partial charge in [-0.25, -0.2) is 0 Å². The first-order valence-electron chi connectivity index (χ1n) is 7.70. The molecule has 0 spiro atoms. The number of ether oxygens (including phenoxy) is 3. The summed E-state index contributed by atoms with van der Waals surface area (Å²) in [5, 5.41) is 3.18. The molecule has 0 saturated carbocycles. The third-order valence-electron chi connectivity index (χ3n) is 3.28. The Morgan fingerprint density at radius 1 is 1.00 bits per heavy atom. The fourth-order valence-corrected chi connectivity index (χ4v) is 1.76. The van der Waals surface area contributed by atoms with Gasteiger partial charge in [0.15, 0.2) is 0 Å². The minimum atomic E-state index is 0.0999. The van der Waals surface area contributed by atoms with E-state index in [-0.39, 0.29) is 5.41 Å². The van der Waals surface area contributed by atoms with Crippen molar-refractivity contribution >= 4 is 0 Å². The lowest BCUT2D eigenvalue weighted by Crippen LogP contribution is -2.29. The van der Waals surface area contributed by atoms with Crippen LogP contribution >= 0.6 is 0 Å². The van der Waals surface area contributed by atoms with Crippen molar-refractivity contribution in [2.75, 3.05) is 53.2 Å². The number of nitrogens with one attached hydrogen (secondary N) is 1. The highest BCUT2D eigenvalue weighted by Crippen LogP contribution is 2.21. The molecule has 4 heteroatoms. The molecular weight excluding hydrogens is 254 g/mol. The predicted molar refractivity (Wildman–Crippen MR) is 84.2 cm³/mol. The van der Waals surface area contributed by atoms with Gasteiger partial charge < -0.3 is 19.5 Å². The standard InChI is InChI=1S/C16H33NO3/c1-5-7-9-18-11-13-20-14-12-19-10-8-16(3,6-2)15-17-4/h6,17H,2,5,7-15H2,1,3-4H3. The zero-order valence-electron chi connectivity index (χ0n) is 13.6. The molecule has 1 N–H and O–H groups in total. The Morgan fingerprint density at radius 3 is 2.05 bits per heavy atom. The van der Waals surface area contributed by atoms with E-state index < -0.39 is 0 Å². The fraction of sp³-hybridized carbons (Fsp3) is 0.875. The number of hydrogen-bond donors (Lipinski definition) is 1. The molecule has 0 amide bonds. The molecule has 0 aliphatic rings. The summed E-state index contributed by atoms with van der Waals surface area (Å²) >= 11 is 0. The molecule has 0 aliphatic heterocycles. The lowest BCUT2D eigenvalue weighted by atomic mass is 9.87. The van der Waals surface area contributed by atoms with Gasteiger partial charge in [0, 0.05) is 19.8 Å². The van der Waals surface area contributed by atoms with Crippen LogP contribution in [0.5, 0.6) is 0 Å². The zero-order chi connectivity index (χ0) is 15.1. The topological polar surface area (TPSA) is 39.7 Å². The predicted octanol–water partition coefficient (Wildman–Crippen LogP) is 2.64. The summed E-state index contributed by atoms with van der Waals surface area (Å²) in [7, 11) is 1.96. The van der Waals surface area contributed by atoms with Crippen LogP contribution in [-0.2, 0) is 14.2 Å². The fourth-order valence-electron chi connectivity index (χ4n) is 1.76. The SMILES string of the molecule is C=CC(C)(CCOCCOCCOCCCC)CNC. The summed E-state index contributed by atoms with van der Waals surface area (Å²) in [6.45, 7) is 13.3. The second kappa shape index (κ2) is 13.6. The van der Waals surface area contributed by atoms with E-state index in [4.69, 9.17) is 14.2 Å². The molecule has 0 aromatic carbocycles. The third kappa shape index (κ3) is 11.4. The zero-order valence-corrected chi connectivity index (χ0v) is 13.6. The minimum Gasteiger partial charge on any atom is -0.379 e. The van der Waals surface area contributed by atoms with Gasteiger partial charge in [0.1, 0.15) is 0 Å². The van der Waals surface area contributed by atoms with E-state index in [0.717, 1.165) is 32.6 Å². The summed E-state index contributed by atoms with van der Waals surface area (Å²) in [5.74, 6) is 0. The molecule has 0 aromatic rings. The van der Waals surface area contributed by atoms with Crippen LogP contribution in [0.25, 0.3) is 0 Å². The van der Waals surface area contributed by atoms with Gasteiger partial charge >= 0.3 is 0 Å². The summed E-state index contributed by atoms with van der Waals surface area (Å²) in [4.78, 5) is 0. The average Bonchev–Trinajstić information content (AvgIpc) is 2.45. The molecule has 0 fully saturated rings. The minimum absolute atomic E-state index is 0.0999. The maximum Gasteiger partial charge on any atom is 0.0701 e. The van der Waals surface area contributed by atoms with E-state index in [1.165, 1.54) is 6.42 Å². The molecule has 20 heavy (non-hydrogen) atoms. The van der Waals surface area contributed by atoms with Gasteiger partial charge in [-0.3, -0.25) is 0 Å². The summed E-state index contributed by atoms with van der Waals surface area (Å²) < 4.78 is 16.4. The van der Waals surface area contributed by atoms with Crippen molar-refractivity contribution in [3.8, 4) is 0 Å². The van der Waals surface area contributed by atoms with Gasteiger partial charge in [-0.1, -0.05) is 26.3 Å². The normalized spacial score (nSPS) is 14.2. The summed E-state index contributed by atoms with van der Waals surface area (Å²) in [5.41, 5.74) is 0.0999. The van der Waals surface area contributed by atoms with Gasteiger partial charge in [-0.2, -0.15) is 0 Å². The number of hydrogen-bond acceptors (Lipinski definition) is 4. The van der Waals surface area contributed by atoms with Crippen molar-refractivity contribution < 1.29 is 14.2 Å². The van der Waals surface area contributed by atoms with E-state index >= 15 is 0 Å². The number of unbranched alkanes of at least 4 members (excludes halogenated alkanes) is 1. The Balaban J connectivity index is 3.29. The quantitative estimate of drug-likeness (QED) is 0.371. The lowest BCUT2D eigenvalue weighted by molar-refractivity contribution is 0.0104. The van der Waals surface area contributed by atoms with Crippen molar-refractivity contribution in [3.63, 3.8) is 0 Å². The first-order valence-corrected chi connectivity index (χ1v) is 7.70. The highest BCUT2D eigenvalue weighted by Gasteiger charge is 2.18. The van der Waals surface area contributed by atoms with Gasteiger partial charge in [0.25, 0.3) is 0 Å². The maximum atomic E-state index is 5.58. The van der Waals surface area contributed by atoms with Crippen molar-refractivity contribution in [1.29, 1.82) is 0 Å². The molecule has 0 heterocycles. The van der Waals surface area contributed by atoms with E-state index in [0.29, 0.717) is 26.4 Å². The molecule has 0 radical (unpaired) electrons. The van der Waals surface area contributed by atoms with Crippen LogP contribution in [0.2, 0.25) is 0 Å². The van der Waals surface area contributed by atoms with E-state index in [1.807, 2.05) is 13.1 Å². The average molecular weight is 287 g/mol. The molecule has 0 saturated heterocycles. The highest BCUT2D eigenvalue weighted by atomic mass is 16.5. The Bertz CT molecular complexity index is 224. The summed E-state index contributed by atoms with van der Waals surface area (Å²) in [6.07, 6.45) is 5.26. The van der Waals surface area contributed by atoms with Crippen LogP contribution < -0.4 is 5.32 Å². The molecule has 4 nitrogen and oxygen atoms in total. The third-order valence-corrected chi connectivity index (χ3v) is 3.28. The highest BCUT2D eigenvalue weighted by molar-refractivity contribution is 4.92. The van der Waals surface area contributed by atoms with E-state index in [2.05, 4.69) is 25.7 Å². The van der Waals surface area contributed by atoms with Crippen LogP contribution in [0.1, 0.15) is 33.1 Å². The van der Waals surface area contributed by atoms with Crippen LogP contribution in [0, 0.1) is 5.41 Å². The molecule has 0 aliphatic carbocycles. The maximum absolute atomic E-state index is 5.58. The second-order valence-electron chi connectivity index (χ2n) is 5.33. The van der Waals surface area contributed by atoms with Crippen LogP contribution in [0.4, 0.5) is 0 Å². The first-order chi connectivity index (χ1) is 9.68. The Kier molecular flexibility index (Phi) is 13.3. The second-order valence-corrected chi connectivity index (χ2v) is 5.33. The largest absolute Gasteiger partial charge is 0.379 e. The Hall–Kier alpha value is -0.420.